The molecule has 0 bridgehead atoms. The molecule has 4 heterocycles. The van der Waals surface area contributed by atoms with Crippen LogP contribution in [0.2, 0.25) is 0 Å². The maximum Gasteiger partial charge on any atom is 0.498 e. The summed E-state index contributed by atoms with van der Waals surface area (Å²) in [5.41, 5.74) is -0.0908. The third kappa shape index (κ3) is 2.94. The first-order valence-corrected chi connectivity index (χ1v) is 8.52. The fourth-order valence-corrected chi connectivity index (χ4v) is 3.17. The summed E-state index contributed by atoms with van der Waals surface area (Å²) in [6.45, 7) is 8.59. The van der Waals surface area contributed by atoms with Crippen molar-refractivity contribution in [3.8, 4) is 6.01 Å². The third-order valence-electron chi connectivity index (χ3n) is 5.41. The molecule has 0 saturated carbocycles. The highest BCUT2D eigenvalue weighted by atomic mass is 16.7. The Morgan fingerprint density at radius 1 is 1.04 bits per heavy atom. The van der Waals surface area contributed by atoms with Crippen molar-refractivity contribution in [2.45, 2.75) is 63.3 Å². The van der Waals surface area contributed by atoms with E-state index in [9.17, 15) is 5.11 Å². The maximum absolute atomic E-state index is 9.76. The lowest BCUT2D eigenvalue weighted by Gasteiger charge is -2.32. The monoisotopic (exact) mass is 350 g/mol. The third-order valence-corrected chi connectivity index (χ3v) is 5.41. The van der Waals surface area contributed by atoms with E-state index in [1.165, 1.54) is 0 Å². The summed E-state index contributed by atoms with van der Waals surface area (Å²) in [5, 5.41) is 9.76. The highest BCUT2D eigenvalue weighted by Gasteiger charge is 2.52. The molecule has 3 aliphatic heterocycles. The zero-order chi connectivity index (χ0) is 17.8. The topological polar surface area (TPSA) is 92.2 Å². The number of fused-ring (bicyclic) bond motifs is 1. The van der Waals surface area contributed by atoms with Gasteiger partial charge in [0, 0.05) is 17.9 Å². The molecule has 1 aromatic heterocycles. The van der Waals surface area contributed by atoms with E-state index in [2.05, 4.69) is 9.97 Å². The molecule has 1 aromatic rings. The summed E-state index contributed by atoms with van der Waals surface area (Å²) in [4.78, 5) is 8.50. The predicted octanol–water partition coefficient (Wildman–Crippen LogP) is -0.318. The molecule has 1 N–H and O–H groups in total. The lowest BCUT2D eigenvalue weighted by Crippen LogP contribution is -2.41. The van der Waals surface area contributed by atoms with Gasteiger partial charge in [-0.05, 0) is 27.7 Å². The molecule has 4 atom stereocenters. The van der Waals surface area contributed by atoms with Crippen LogP contribution in [0.25, 0.3) is 0 Å². The molecule has 0 amide bonds. The zero-order valence-corrected chi connectivity index (χ0v) is 14.8. The van der Waals surface area contributed by atoms with Crippen molar-refractivity contribution < 1.29 is 28.6 Å². The molecule has 8 nitrogen and oxygen atoms in total. The molecule has 3 saturated heterocycles. The van der Waals surface area contributed by atoms with Crippen molar-refractivity contribution >= 4 is 12.6 Å². The van der Waals surface area contributed by atoms with E-state index in [0.29, 0.717) is 6.61 Å². The molecule has 9 heteroatoms. The van der Waals surface area contributed by atoms with Gasteiger partial charge in [-0.1, -0.05) is 0 Å². The molecular weight excluding hydrogens is 327 g/mol. The fraction of sp³-hybridized carbons (Fsp3) is 0.750. The summed E-state index contributed by atoms with van der Waals surface area (Å²) in [6, 6.07) is 0.236. The Bertz CT molecular complexity index is 624. The second-order valence-electron chi connectivity index (χ2n) is 7.71. The Labute approximate surface area is 146 Å². The normalized spacial score (nSPS) is 35.8. The quantitative estimate of drug-likeness (QED) is 0.742. The minimum atomic E-state index is -0.606. The molecule has 3 fully saturated rings. The van der Waals surface area contributed by atoms with E-state index in [1.54, 1.807) is 12.4 Å². The van der Waals surface area contributed by atoms with Crippen LogP contribution in [-0.2, 0) is 18.8 Å². The highest BCUT2D eigenvalue weighted by Crippen LogP contribution is 2.36. The summed E-state index contributed by atoms with van der Waals surface area (Å²) in [7, 11) is -0.508. The van der Waals surface area contributed by atoms with Gasteiger partial charge in [-0.15, -0.1) is 0 Å². The molecule has 0 unspecified atom stereocenters. The van der Waals surface area contributed by atoms with Gasteiger partial charge >= 0.3 is 13.1 Å². The van der Waals surface area contributed by atoms with Gasteiger partial charge in [0.25, 0.3) is 0 Å². The largest absolute Gasteiger partial charge is 0.498 e. The van der Waals surface area contributed by atoms with E-state index in [4.69, 9.17) is 23.5 Å². The standard InChI is InChI=1S/C16H23BN2O6/c1-15(2)16(3,4)25-17(24-15)9-5-18-14(19-6-9)23-11-8-22-12-10(20)7-21-13(11)12/h5-6,10-13,20H,7-8H2,1-4H3/t10-,11-,12-,13-/m1/s1. The zero-order valence-electron chi connectivity index (χ0n) is 14.8. The number of ether oxygens (including phenoxy) is 3. The average Bonchev–Trinajstić information content (AvgIpc) is 3.16. The number of hydrogen-bond donors (Lipinski definition) is 1. The van der Waals surface area contributed by atoms with Gasteiger partial charge in [0.1, 0.15) is 18.3 Å². The highest BCUT2D eigenvalue weighted by molar-refractivity contribution is 6.61. The molecule has 0 spiro atoms. The second kappa shape index (κ2) is 5.89. The van der Waals surface area contributed by atoms with E-state index >= 15 is 0 Å². The lowest BCUT2D eigenvalue weighted by molar-refractivity contribution is 0.00578. The van der Waals surface area contributed by atoms with Crippen molar-refractivity contribution in [2.75, 3.05) is 13.2 Å². The molecule has 0 radical (unpaired) electrons. The van der Waals surface area contributed by atoms with Crippen LogP contribution < -0.4 is 10.2 Å². The maximum atomic E-state index is 9.76. The van der Waals surface area contributed by atoms with Gasteiger partial charge in [0.2, 0.25) is 0 Å². The van der Waals surface area contributed by atoms with Crippen LogP contribution in [0.4, 0.5) is 0 Å². The SMILES string of the molecule is CC1(C)OB(c2cnc(O[C@@H]3CO[C@H]4[C@@H]3OC[C@H]4O)nc2)OC1(C)C. The van der Waals surface area contributed by atoms with Crippen LogP contribution in [0.1, 0.15) is 27.7 Å². The molecule has 25 heavy (non-hydrogen) atoms. The smallest absolute Gasteiger partial charge is 0.455 e. The first-order valence-electron chi connectivity index (χ1n) is 8.52. The summed E-state index contributed by atoms with van der Waals surface area (Å²) in [6.07, 6.45) is 1.72. The number of aliphatic hydroxyl groups excluding tert-OH is 1. The number of hydrogen-bond acceptors (Lipinski definition) is 8. The number of nitrogens with zero attached hydrogens (tertiary/aromatic N) is 2. The fourth-order valence-electron chi connectivity index (χ4n) is 3.17. The van der Waals surface area contributed by atoms with Crippen LogP contribution in [0.3, 0.4) is 0 Å². The van der Waals surface area contributed by atoms with Gasteiger partial charge in [-0.2, -0.15) is 0 Å². The van der Waals surface area contributed by atoms with E-state index < -0.39 is 24.4 Å². The summed E-state index contributed by atoms with van der Waals surface area (Å²) >= 11 is 0. The van der Waals surface area contributed by atoms with E-state index in [-0.39, 0.29) is 30.9 Å². The van der Waals surface area contributed by atoms with Crippen LogP contribution in [0.15, 0.2) is 12.4 Å². The van der Waals surface area contributed by atoms with Crippen LogP contribution in [0.5, 0.6) is 6.01 Å². The van der Waals surface area contributed by atoms with Crippen molar-refractivity contribution in [2.24, 2.45) is 0 Å². The van der Waals surface area contributed by atoms with Gasteiger partial charge in [-0.25, -0.2) is 9.97 Å². The van der Waals surface area contributed by atoms with Gasteiger partial charge in [-0.3, -0.25) is 0 Å². The molecular formula is C16H23BN2O6. The van der Waals surface area contributed by atoms with Crippen molar-refractivity contribution in [3.63, 3.8) is 0 Å². The summed E-state index contributed by atoms with van der Waals surface area (Å²) < 4.78 is 28.8. The van der Waals surface area contributed by atoms with Gasteiger partial charge < -0.3 is 28.6 Å². The van der Waals surface area contributed by atoms with Gasteiger partial charge in [0.15, 0.2) is 6.10 Å². The number of rotatable bonds is 3. The Balaban J connectivity index is 1.42. The molecule has 3 aliphatic rings. The van der Waals surface area contributed by atoms with Crippen LogP contribution in [-0.4, -0.2) is 71.0 Å². The van der Waals surface area contributed by atoms with Crippen molar-refractivity contribution in [1.29, 1.82) is 0 Å². The first-order chi connectivity index (χ1) is 11.8. The predicted molar refractivity (Wildman–Crippen MR) is 87.7 cm³/mol. The van der Waals surface area contributed by atoms with Gasteiger partial charge in [0.05, 0.1) is 24.4 Å². The Morgan fingerprint density at radius 2 is 1.64 bits per heavy atom. The Kier molecular flexibility index (Phi) is 4.04. The van der Waals surface area contributed by atoms with E-state index in [0.717, 1.165) is 5.46 Å². The lowest BCUT2D eigenvalue weighted by atomic mass is 9.81. The van der Waals surface area contributed by atoms with Crippen molar-refractivity contribution in [3.05, 3.63) is 12.4 Å². The first kappa shape index (κ1) is 17.2. The van der Waals surface area contributed by atoms with Crippen LogP contribution in [0, 0.1) is 0 Å². The second-order valence-corrected chi connectivity index (χ2v) is 7.71. The number of aromatic nitrogens is 2. The molecule has 0 aliphatic carbocycles. The molecule has 0 aromatic carbocycles. The van der Waals surface area contributed by atoms with Crippen LogP contribution >= 0.6 is 0 Å². The number of aliphatic hydroxyl groups is 1. The summed E-state index contributed by atoms with van der Waals surface area (Å²) in [5.74, 6) is 0. The van der Waals surface area contributed by atoms with Crippen molar-refractivity contribution in [1.82, 2.24) is 9.97 Å². The Morgan fingerprint density at radius 3 is 2.28 bits per heavy atom. The minimum Gasteiger partial charge on any atom is -0.455 e. The van der Waals surface area contributed by atoms with E-state index in [1.807, 2.05) is 27.7 Å². The molecule has 4 rings (SSSR count). The average molecular weight is 350 g/mol. The molecule has 136 valence electrons. The Hall–Kier alpha value is -1.26. The minimum absolute atomic E-state index is 0.236.